The Labute approximate surface area is 291 Å². The molecule has 0 aromatic carbocycles. The smallest absolute Gasteiger partial charge is 0.252 e. The van der Waals surface area contributed by atoms with Gasteiger partial charge < -0.3 is 37.1 Å². The summed E-state index contributed by atoms with van der Waals surface area (Å²) in [6, 6.07) is -1.62. The molecule has 15 nitrogen and oxygen atoms in total. The Morgan fingerprint density at radius 2 is 1.43 bits per heavy atom. The first kappa shape index (κ1) is 43.2. The van der Waals surface area contributed by atoms with E-state index in [1.54, 1.807) is 20.8 Å². The molecule has 1 aromatic heterocycles. The Balaban J connectivity index is 3.14. The van der Waals surface area contributed by atoms with Crippen molar-refractivity contribution in [3.63, 3.8) is 0 Å². The molecule has 0 saturated carbocycles. The van der Waals surface area contributed by atoms with Gasteiger partial charge in [-0.3, -0.25) is 24.0 Å². The van der Waals surface area contributed by atoms with E-state index in [1.807, 2.05) is 34.6 Å². The SMILES string of the molecule is CCNC(=O)[C@@H](NC(=O)[C@H](C)NC[C@H](CC(C)C)NC(=O)C(CCS(C)(=O)=O)NC(=O)[C@@H](NC(=O)c1cc[n+]([O-])cc1)[C@@H](C)CC)C(C)C. The highest BCUT2D eigenvalue weighted by Crippen LogP contribution is 2.12. The maximum atomic E-state index is 13.7. The molecule has 1 rings (SSSR count). The first-order valence-electron chi connectivity index (χ1n) is 16.9. The van der Waals surface area contributed by atoms with Crippen LogP contribution in [0.4, 0.5) is 0 Å². The van der Waals surface area contributed by atoms with Gasteiger partial charge in [-0.1, -0.05) is 48.0 Å². The van der Waals surface area contributed by atoms with Crippen LogP contribution in [-0.4, -0.2) is 93.3 Å². The molecule has 0 aliphatic carbocycles. The van der Waals surface area contributed by atoms with Crippen LogP contribution in [0.3, 0.4) is 0 Å². The van der Waals surface area contributed by atoms with Gasteiger partial charge in [-0.25, -0.2) is 8.42 Å². The molecular formula is C33H57N7O8S. The van der Waals surface area contributed by atoms with Gasteiger partial charge in [0.15, 0.2) is 12.4 Å². The first-order valence-corrected chi connectivity index (χ1v) is 18.9. The number of carbonyl (C=O) groups is 5. The molecule has 0 radical (unpaired) electrons. The number of pyridine rings is 1. The maximum Gasteiger partial charge on any atom is 0.252 e. The van der Waals surface area contributed by atoms with Gasteiger partial charge in [-0.2, -0.15) is 4.73 Å². The first-order chi connectivity index (χ1) is 22.8. The number of nitrogens with one attached hydrogen (secondary N) is 6. The highest BCUT2D eigenvalue weighted by molar-refractivity contribution is 7.90. The fourth-order valence-electron chi connectivity index (χ4n) is 4.93. The minimum Gasteiger partial charge on any atom is -0.619 e. The number of aromatic nitrogens is 1. The van der Waals surface area contributed by atoms with Crippen LogP contribution >= 0.6 is 0 Å². The molecule has 5 amide bonds. The van der Waals surface area contributed by atoms with Crippen molar-refractivity contribution in [2.24, 2.45) is 17.8 Å². The quantitative estimate of drug-likeness (QED) is 0.0756. The second-order valence-electron chi connectivity index (χ2n) is 13.4. The van der Waals surface area contributed by atoms with E-state index in [1.165, 1.54) is 12.1 Å². The number of sulfone groups is 1. The van der Waals surface area contributed by atoms with Crippen LogP contribution in [0, 0.1) is 23.0 Å². The lowest BCUT2D eigenvalue weighted by molar-refractivity contribution is -0.605. The molecule has 1 aromatic rings. The van der Waals surface area contributed by atoms with E-state index in [0.717, 1.165) is 18.6 Å². The van der Waals surface area contributed by atoms with Crippen LogP contribution in [0.2, 0.25) is 0 Å². The standard InChI is InChI=1S/C33H57N7O8S/c1-10-22(7)28(39-30(42)24-12-15-40(46)16-13-24)33(45)37-26(14-17-49(9,47)48)31(43)36-25(18-20(3)4)19-35-23(8)29(41)38-27(21(5)6)32(44)34-11-2/h12-13,15-16,20-23,25-28,35H,10-11,14,17-19H2,1-9H3,(H,34,44)(H,36,43)(H,37,45)(H,38,41)(H,39,42)/t22-,23-,25-,26?,27-,28-/m0/s1. The third kappa shape index (κ3) is 16.0. The van der Waals surface area contributed by atoms with E-state index < -0.39 is 63.7 Å². The van der Waals surface area contributed by atoms with Gasteiger partial charge in [-0.15, -0.1) is 0 Å². The van der Waals surface area contributed by atoms with Crippen molar-refractivity contribution >= 4 is 39.4 Å². The Morgan fingerprint density at radius 3 is 1.94 bits per heavy atom. The third-order valence-electron chi connectivity index (χ3n) is 8.02. The summed E-state index contributed by atoms with van der Waals surface area (Å²) in [6.07, 6.45) is 4.13. The second-order valence-corrected chi connectivity index (χ2v) is 15.6. The van der Waals surface area contributed by atoms with Crippen molar-refractivity contribution in [3.05, 3.63) is 35.3 Å². The zero-order chi connectivity index (χ0) is 37.5. The van der Waals surface area contributed by atoms with Gasteiger partial charge in [0.25, 0.3) is 5.91 Å². The monoisotopic (exact) mass is 711 g/mol. The minimum atomic E-state index is -3.51. The van der Waals surface area contributed by atoms with E-state index in [9.17, 15) is 37.6 Å². The zero-order valence-corrected chi connectivity index (χ0v) is 31.1. The summed E-state index contributed by atoms with van der Waals surface area (Å²) in [5, 5.41) is 28.3. The Kier molecular flexibility index (Phi) is 18.2. The molecular weight excluding hydrogens is 654 g/mol. The Hall–Kier alpha value is -3.79. The van der Waals surface area contributed by atoms with E-state index in [-0.39, 0.29) is 47.9 Å². The number of amides is 5. The summed E-state index contributed by atoms with van der Waals surface area (Å²) >= 11 is 0. The van der Waals surface area contributed by atoms with Gasteiger partial charge in [0.2, 0.25) is 23.6 Å². The van der Waals surface area contributed by atoms with Crippen molar-refractivity contribution < 1.29 is 37.1 Å². The Morgan fingerprint density at radius 1 is 0.816 bits per heavy atom. The molecule has 0 aliphatic heterocycles. The van der Waals surface area contributed by atoms with Crippen LogP contribution in [0.5, 0.6) is 0 Å². The number of carbonyl (C=O) groups excluding carboxylic acids is 5. The molecule has 278 valence electrons. The summed E-state index contributed by atoms with van der Waals surface area (Å²) in [7, 11) is -3.51. The van der Waals surface area contributed by atoms with Crippen LogP contribution < -0.4 is 36.6 Å². The highest BCUT2D eigenvalue weighted by Gasteiger charge is 2.32. The lowest BCUT2D eigenvalue weighted by atomic mass is 9.97. The lowest BCUT2D eigenvalue weighted by Crippen LogP contribution is -2.58. The number of likely N-dealkylation sites (N-methyl/N-ethyl adjacent to an activating group) is 1. The molecule has 6 atom stereocenters. The molecule has 0 spiro atoms. The summed E-state index contributed by atoms with van der Waals surface area (Å²) in [6.45, 7) is 15.2. The molecule has 16 heteroatoms. The number of nitrogens with zero attached hydrogens (tertiary/aromatic N) is 1. The van der Waals surface area contributed by atoms with E-state index >= 15 is 0 Å². The molecule has 6 N–H and O–H groups in total. The topological polar surface area (TPSA) is 219 Å². The average molecular weight is 712 g/mol. The van der Waals surface area contributed by atoms with Crippen molar-refractivity contribution in [1.82, 2.24) is 31.9 Å². The molecule has 1 heterocycles. The molecule has 0 fully saturated rings. The van der Waals surface area contributed by atoms with Gasteiger partial charge in [0.1, 0.15) is 28.0 Å². The number of hydrogen-bond acceptors (Lipinski definition) is 9. The molecule has 49 heavy (non-hydrogen) atoms. The number of hydrogen-bond donors (Lipinski definition) is 6. The lowest BCUT2D eigenvalue weighted by Gasteiger charge is -2.29. The van der Waals surface area contributed by atoms with Gasteiger partial charge in [0.05, 0.1) is 17.4 Å². The van der Waals surface area contributed by atoms with E-state index in [0.29, 0.717) is 24.1 Å². The van der Waals surface area contributed by atoms with Crippen molar-refractivity contribution in [1.29, 1.82) is 0 Å². The molecule has 0 saturated heterocycles. The van der Waals surface area contributed by atoms with Gasteiger partial charge >= 0.3 is 0 Å². The maximum absolute atomic E-state index is 13.7. The number of rotatable bonds is 21. The normalized spacial score (nSPS) is 15.3. The molecule has 0 aliphatic rings. The van der Waals surface area contributed by atoms with Crippen LogP contribution in [0.15, 0.2) is 24.5 Å². The molecule has 1 unspecified atom stereocenters. The van der Waals surface area contributed by atoms with Gasteiger partial charge in [0, 0.05) is 37.5 Å². The highest BCUT2D eigenvalue weighted by atomic mass is 32.2. The summed E-state index contributed by atoms with van der Waals surface area (Å²) in [5.41, 5.74) is 0.162. The van der Waals surface area contributed by atoms with Gasteiger partial charge in [-0.05, 0) is 44.4 Å². The van der Waals surface area contributed by atoms with Crippen LogP contribution in [0.1, 0.15) is 85.0 Å². The minimum absolute atomic E-state index is 0.127. The van der Waals surface area contributed by atoms with E-state index in [2.05, 4.69) is 31.9 Å². The van der Waals surface area contributed by atoms with Crippen molar-refractivity contribution in [2.45, 2.75) is 105 Å². The summed E-state index contributed by atoms with van der Waals surface area (Å²) in [4.78, 5) is 65.6. The Bertz CT molecular complexity index is 1350. The van der Waals surface area contributed by atoms with Crippen molar-refractivity contribution in [3.8, 4) is 0 Å². The summed E-state index contributed by atoms with van der Waals surface area (Å²) < 4.78 is 24.7. The predicted molar refractivity (Wildman–Crippen MR) is 187 cm³/mol. The third-order valence-corrected chi connectivity index (χ3v) is 9.00. The van der Waals surface area contributed by atoms with Crippen molar-refractivity contribution in [2.75, 3.05) is 25.1 Å². The predicted octanol–water partition coefficient (Wildman–Crippen LogP) is 0.170. The fourth-order valence-corrected chi connectivity index (χ4v) is 5.59. The fraction of sp³-hybridized carbons (Fsp3) is 0.697. The second kappa shape index (κ2) is 20.7. The van der Waals surface area contributed by atoms with Crippen LogP contribution in [-0.2, 0) is 29.0 Å². The van der Waals surface area contributed by atoms with Crippen LogP contribution in [0.25, 0.3) is 0 Å². The summed E-state index contributed by atoms with van der Waals surface area (Å²) in [5.74, 6) is -3.30. The average Bonchev–Trinajstić information content (AvgIpc) is 3.01. The molecule has 0 bridgehead atoms. The van der Waals surface area contributed by atoms with E-state index in [4.69, 9.17) is 0 Å². The zero-order valence-electron chi connectivity index (χ0n) is 30.3. The largest absolute Gasteiger partial charge is 0.619 e.